The van der Waals surface area contributed by atoms with Crippen LogP contribution in [0.3, 0.4) is 0 Å². The van der Waals surface area contributed by atoms with Gasteiger partial charge in [-0.25, -0.2) is 15.0 Å². The van der Waals surface area contributed by atoms with Crippen LogP contribution in [0.15, 0.2) is 194 Å². The molecule has 8 aromatic carbocycles. The summed E-state index contributed by atoms with van der Waals surface area (Å²) in [5.41, 5.74) is 12.5. The standard InChI is InChI=1S/C50H32N4/c51-33-34-10-9-15-43(32-34)37-18-22-38(23-19-37)44-30-31-45(47-17-8-7-16-46(44)47)39-24-28-42(29-25-39)50-53-48(40-13-5-2-6-14-40)52-49(54-50)41-26-20-36(21-27-41)35-11-3-1-4-12-35/h1-32H. The Morgan fingerprint density at radius 2 is 0.648 bits per heavy atom. The number of hydrogen-bond donors (Lipinski definition) is 0. The Morgan fingerprint density at radius 3 is 1.13 bits per heavy atom. The molecule has 0 radical (unpaired) electrons. The maximum Gasteiger partial charge on any atom is 0.164 e. The summed E-state index contributed by atoms with van der Waals surface area (Å²) in [5.74, 6) is 1.89. The predicted molar refractivity (Wildman–Crippen MR) is 220 cm³/mol. The van der Waals surface area contributed by atoms with E-state index in [0.29, 0.717) is 23.0 Å². The Kier molecular flexibility index (Phi) is 8.57. The van der Waals surface area contributed by atoms with Crippen LogP contribution < -0.4 is 0 Å². The number of nitrogens with zero attached hydrogens (tertiary/aromatic N) is 4. The van der Waals surface area contributed by atoms with E-state index in [1.165, 1.54) is 21.9 Å². The predicted octanol–water partition coefficient (Wildman–Crippen LogP) is 12.6. The van der Waals surface area contributed by atoms with Crippen LogP contribution in [0.2, 0.25) is 0 Å². The fraction of sp³-hybridized carbons (Fsp3) is 0. The first kappa shape index (κ1) is 32.4. The zero-order chi connectivity index (χ0) is 36.3. The van der Waals surface area contributed by atoms with Crippen LogP contribution in [0.1, 0.15) is 5.56 Å². The van der Waals surface area contributed by atoms with E-state index < -0.39 is 0 Å². The molecule has 0 aliphatic rings. The molecular weight excluding hydrogens is 657 g/mol. The van der Waals surface area contributed by atoms with Gasteiger partial charge in [-0.05, 0) is 67.4 Å². The molecule has 0 spiro atoms. The fourth-order valence-electron chi connectivity index (χ4n) is 7.00. The second-order valence-corrected chi connectivity index (χ2v) is 13.2. The maximum atomic E-state index is 9.35. The normalized spacial score (nSPS) is 10.9. The first-order valence-electron chi connectivity index (χ1n) is 17.9. The smallest absolute Gasteiger partial charge is 0.164 e. The number of aromatic nitrogens is 3. The van der Waals surface area contributed by atoms with Crippen molar-refractivity contribution in [2.45, 2.75) is 0 Å². The summed E-state index contributed by atoms with van der Waals surface area (Å²) >= 11 is 0. The third-order valence-electron chi connectivity index (χ3n) is 9.82. The van der Waals surface area contributed by atoms with Crippen LogP contribution in [-0.2, 0) is 0 Å². The summed E-state index contributed by atoms with van der Waals surface area (Å²) < 4.78 is 0. The van der Waals surface area contributed by atoms with Crippen molar-refractivity contribution in [2.24, 2.45) is 0 Å². The third kappa shape index (κ3) is 6.43. The minimum atomic E-state index is 0.626. The molecule has 0 saturated carbocycles. The van der Waals surface area contributed by atoms with E-state index in [-0.39, 0.29) is 0 Å². The highest BCUT2D eigenvalue weighted by molar-refractivity contribution is 6.05. The summed E-state index contributed by atoms with van der Waals surface area (Å²) in [6.45, 7) is 0. The molecule has 0 aliphatic carbocycles. The zero-order valence-corrected chi connectivity index (χ0v) is 29.3. The van der Waals surface area contributed by atoms with Crippen molar-refractivity contribution in [3.63, 3.8) is 0 Å². The van der Waals surface area contributed by atoms with Gasteiger partial charge >= 0.3 is 0 Å². The number of rotatable bonds is 7. The van der Waals surface area contributed by atoms with Crippen molar-refractivity contribution in [1.29, 1.82) is 5.26 Å². The molecule has 0 aliphatic heterocycles. The molecule has 9 rings (SSSR count). The van der Waals surface area contributed by atoms with Crippen molar-refractivity contribution in [1.82, 2.24) is 15.0 Å². The lowest BCUT2D eigenvalue weighted by Crippen LogP contribution is -2.00. The first-order valence-corrected chi connectivity index (χ1v) is 17.9. The lowest BCUT2D eigenvalue weighted by Gasteiger charge is -2.13. The van der Waals surface area contributed by atoms with E-state index in [2.05, 4.69) is 140 Å². The quantitative estimate of drug-likeness (QED) is 0.167. The van der Waals surface area contributed by atoms with Gasteiger partial charge in [0.15, 0.2) is 17.5 Å². The van der Waals surface area contributed by atoms with E-state index >= 15 is 0 Å². The van der Waals surface area contributed by atoms with Crippen LogP contribution in [0, 0.1) is 11.3 Å². The Labute approximate surface area is 314 Å². The molecule has 1 aromatic heterocycles. The number of fused-ring (bicyclic) bond motifs is 1. The number of benzene rings is 8. The van der Waals surface area contributed by atoms with Crippen molar-refractivity contribution >= 4 is 10.8 Å². The zero-order valence-electron chi connectivity index (χ0n) is 29.3. The van der Waals surface area contributed by atoms with E-state index in [1.54, 1.807) is 0 Å². The average molecular weight is 689 g/mol. The molecule has 4 nitrogen and oxygen atoms in total. The number of nitriles is 1. The van der Waals surface area contributed by atoms with Gasteiger partial charge in [-0.15, -0.1) is 0 Å². The van der Waals surface area contributed by atoms with Gasteiger partial charge in [-0.3, -0.25) is 0 Å². The Balaban J connectivity index is 1.05. The highest BCUT2D eigenvalue weighted by Crippen LogP contribution is 2.37. The molecule has 54 heavy (non-hydrogen) atoms. The average Bonchev–Trinajstić information content (AvgIpc) is 3.26. The maximum absolute atomic E-state index is 9.35. The molecule has 0 bridgehead atoms. The van der Waals surface area contributed by atoms with Crippen molar-refractivity contribution < 1.29 is 0 Å². The van der Waals surface area contributed by atoms with Gasteiger partial charge in [-0.2, -0.15) is 5.26 Å². The fourth-order valence-corrected chi connectivity index (χ4v) is 7.00. The molecule has 0 N–H and O–H groups in total. The van der Waals surface area contributed by atoms with Gasteiger partial charge < -0.3 is 0 Å². The van der Waals surface area contributed by atoms with Crippen LogP contribution in [0.25, 0.3) is 89.4 Å². The Morgan fingerprint density at radius 1 is 0.296 bits per heavy atom. The van der Waals surface area contributed by atoms with Crippen LogP contribution in [0.4, 0.5) is 0 Å². The topological polar surface area (TPSA) is 62.5 Å². The van der Waals surface area contributed by atoms with Gasteiger partial charge in [0.1, 0.15) is 0 Å². The molecule has 4 heteroatoms. The first-order chi connectivity index (χ1) is 26.7. The van der Waals surface area contributed by atoms with Gasteiger partial charge in [-0.1, -0.05) is 182 Å². The molecule has 9 aromatic rings. The third-order valence-corrected chi connectivity index (χ3v) is 9.82. The Bertz CT molecular complexity index is 2790. The summed E-state index contributed by atoms with van der Waals surface area (Å²) in [5, 5.41) is 11.7. The monoisotopic (exact) mass is 688 g/mol. The molecular formula is C50H32N4. The Hall–Kier alpha value is -7.48. The minimum absolute atomic E-state index is 0.626. The van der Waals surface area contributed by atoms with Crippen LogP contribution in [-0.4, -0.2) is 15.0 Å². The summed E-state index contributed by atoms with van der Waals surface area (Å²) in [6.07, 6.45) is 0. The van der Waals surface area contributed by atoms with Crippen LogP contribution in [0.5, 0.6) is 0 Å². The highest BCUT2D eigenvalue weighted by Gasteiger charge is 2.14. The van der Waals surface area contributed by atoms with E-state index in [1.807, 2.05) is 60.7 Å². The van der Waals surface area contributed by atoms with E-state index in [4.69, 9.17) is 15.0 Å². The molecule has 0 unspecified atom stereocenters. The molecule has 0 amide bonds. The number of hydrogen-bond acceptors (Lipinski definition) is 4. The molecule has 0 atom stereocenters. The SMILES string of the molecule is N#Cc1cccc(-c2ccc(-c3ccc(-c4ccc(-c5nc(-c6ccccc6)nc(-c6ccc(-c7ccccc7)cc6)n5)cc4)c4ccccc34)cc2)c1. The molecule has 252 valence electrons. The summed E-state index contributed by atoms with van der Waals surface area (Å²) in [7, 11) is 0. The van der Waals surface area contributed by atoms with Gasteiger partial charge in [0.25, 0.3) is 0 Å². The van der Waals surface area contributed by atoms with Gasteiger partial charge in [0, 0.05) is 16.7 Å². The van der Waals surface area contributed by atoms with Crippen LogP contribution >= 0.6 is 0 Å². The second-order valence-electron chi connectivity index (χ2n) is 13.2. The van der Waals surface area contributed by atoms with Gasteiger partial charge in [0.2, 0.25) is 0 Å². The molecule has 1 heterocycles. The summed E-state index contributed by atoms with van der Waals surface area (Å²) in [6, 6.07) is 68.9. The molecule has 0 saturated heterocycles. The highest BCUT2D eigenvalue weighted by atomic mass is 15.0. The van der Waals surface area contributed by atoms with E-state index in [0.717, 1.165) is 50.1 Å². The lowest BCUT2D eigenvalue weighted by molar-refractivity contribution is 1.07. The van der Waals surface area contributed by atoms with E-state index in [9.17, 15) is 5.26 Å². The largest absolute Gasteiger partial charge is 0.208 e. The van der Waals surface area contributed by atoms with Crippen molar-refractivity contribution in [2.75, 3.05) is 0 Å². The van der Waals surface area contributed by atoms with Gasteiger partial charge in [0.05, 0.1) is 11.6 Å². The lowest BCUT2D eigenvalue weighted by atomic mass is 9.91. The summed E-state index contributed by atoms with van der Waals surface area (Å²) in [4.78, 5) is 14.9. The second kappa shape index (κ2) is 14.3. The van der Waals surface area contributed by atoms with Crippen molar-refractivity contribution in [3.05, 3.63) is 200 Å². The molecule has 0 fully saturated rings. The minimum Gasteiger partial charge on any atom is -0.208 e. The van der Waals surface area contributed by atoms with Crippen molar-refractivity contribution in [3.8, 4) is 84.7 Å².